The van der Waals surface area contributed by atoms with Crippen molar-refractivity contribution in [3.63, 3.8) is 0 Å². The van der Waals surface area contributed by atoms with Gasteiger partial charge in [0.05, 0.1) is 9.82 Å². The second-order valence-electron chi connectivity index (χ2n) is 5.84. The van der Waals surface area contributed by atoms with Gasteiger partial charge in [-0.15, -0.1) is 0 Å². The maximum Gasteiger partial charge on any atom is 0.270 e. The van der Waals surface area contributed by atoms with Crippen LogP contribution in [0.3, 0.4) is 0 Å². The zero-order valence-corrected chi connectivity index (χ0v) is 14.1. The Morgan fingerprint density at radius 3 is 2.29 bits per heavy atom. The lowest BCUT2D eigenvalue weighted by molar-refractivity contribution is -0.385. The van der Waals surface area contributed by atoms with Gasteiger partial charge in [0.1, 0.15) is 5.37 Å². The van der Waals surface area contributed by atoms with Crippen LogP contribution in [0.4, 0.5) is 5.69 Å². The minimum atomic E-state index is -3.69. The topological polar surface area (TPSA) is 80.5 Å². The van der Waals surface area contributed by atoms with E-state index in [1.54, 1.807) is 0 Å². The van der Waals surface area contributed by atoms with Crippen LogP contribution in [0.15, 0.2) is 53.4 Å². The van der Waals surface area contributed by atoms with Crippen molar-refractivity contribution in [3.8, 4) is 0 Å². The van der Waals surface area contributed by atoms with Crippen LogP contribution in [0.1, 0.15) is 24.5 Å². The maximum absolute atomic E-state index is 13.0. The Bertz CT molecular complexity index is 855. The van der Waals surface area contributed by atoms with E-state index in [2.05, 4.69) is 0 Å². The molecular weight excluding hydrogens is 328 g/mol. The van der Waals surface area contributed by atoms with Crippen molar-refractivity contribution in [2.24, 2.45) is 0 Å². The van der Waals surface area contributed by atoms with Crippen molar-refractivity contribution >= 4 is 15.5 Å². The number of rotatable bonds is 5. The van der Waals surface area contributed by atoms with Gasteiger partial charge in [-0.25, -0.2) is 8.42 Å². The van der Waals surface area contributed by atoms with E-state index in [1.807, 2.05) is 36.1 Å². The number of nitro groups is 1. The van der Waals surface area contributed by atoms with Crippen LogP contribution < -0.4 is 0 Å². The number of benzene rings is 2. The van der Waals surface area contributed by atoms with Crippen LogP contribution in [0, 0.1) is 10.1 Å². The van der Waals surface area contributed by atoms with Crippen LogP contribution >= 0.6 is 0 Å². The van der Waals surface area contributed by atoms with Crippen LogP contribution in [-0.4, -0.2) is 23.6 Å². The highest BCUT2D eigenvalue weighted by Gasteiger charge is 2.35. The van der Waals surface area contributed by atoms with E-state index >= 15 is 0 Å². The first-order chi connectivity index (χ1) is 11.4. The van der Waals surface area contributed by atoms with Gasteiger partial charge in [-0.05, 0) is 23.6 Å². The molecule has 1 heterocycles. The number of hydrogen-bond donors (Lipinski definition) is 0. The highest BCUT2D eigenvalue weighted by molar-refractivity contribution is 7.92. The fourth-order valence-electron chi connectivity index (χ4n) is 3.17. The molecule has 1 aliphatic rings. The summed E-state index contributed by atoms with van der Waals surface area (Å²) in [6.45, 7) is 2.97. The quantitative estimate of drug-likeness (QED) is 0.614. The van der Waals surface area contributed by atoms with Crippen LogP contribution in [0.5, 0.6) is 0 Å². The maximum atomic E-state index is 13.0. The molecule has 24 heavy (non-hydrogen) atoms. The summed E-state index contributed by atoms with van der Waals surface area (Å²) < 4.78 is 26.0. The molecule has 0 saturated carbocycles. The van der Waals surface area contributed by atoms with Crippen molar-refractivity contribution in [2.45, 2.75) is 36.7 Å². The fraction of sp³-hybridized carbons (Fsp3) is 0.294. The van der Waals surface area contributed by atoms with E-state index in [1.165, 1.54) is 18.2 Å². The molecule has 2 aromatic rings. The molecule has 7 heteroatoms. The van der Waals surface area contributed by atoms with Gasteiger partial charge < -0.3 is 0 Å². The molecule has 0 spiro atoms. The Balaban J connectivity index is 1.93. The summed E-state index contributed by atoms with van der Waals surface area (Å²) in [5.41, 5.74) is 2.05. The predicted molar refractivity (Wildman–Crippen MR) is 90.1 cm³/mol. The average Bonchev–Trinajstić information content (AvgIpc) is 2.98. The number of nitrogens with zero attached hydrogens (tertiary/aromatic N) is 2. The molecule has 0 amide bonds. The van der Waals surface area contributed by atoms with Crippen molar-refractivity contribution in [3.05, 3.63) is 69.8 Å². The van der Waals surface area contributed by atoms with Gasteiger partial charge in [-0.1, -0.05) is 37.3 Å². The van der Waals surface area contributed by atoms with Crippen molar-refractivity contribution in [2.75, 3.05) is 0 Å². The number of fused-ring (bicyclic) bond motifs is 1. The SMILES string of the molecule is CCC(N1Cc2ccccc2C1)S(=O)(=O)c1cccc([N+](=O)[O-])c1. The summed E-state index contributed by atoms with van der Waals surface area (Å²) in [4.78, 5) is 12.3. The largest absolute Gasteiger partial charge is 0.278 e. The minimum absolute atomic E-state index is 0.000457. The monoisotopic (exact) mass is 346 g/mol. The first kappa shape index (κ1) is 16.6. The predicted octanol–water partition coefficient (Wildman–Crippen LogP) is 3.12. The molecule has 1 unspecified atom stereocenters. The summed E-state index contributed by atoms with van der Waals surface area (Å²) in [6.07, 6.45) is 0.416. The van der Waals surface area contributed by atoms with E-state index < -0.39 is 20.1 Å². The Morgan fingerprint density at radius 1 is 1.12 bits per heavy atom. The Labute approximate surface area is 140 Å². The van der Waals surface area contributed by atoms with Gasteiger partial charge in [0.2, 0.25) is 0 Å². The highest BCUT2D eigenvalue weighted by Crippen LogP contribution is 2.31. The fourth-order valence-corrected chi connectivity index (χ4v) is 5.02. The van der Waals surface area contributed by atoms with Crippen LogP contribution in [0.25, 0.3) is 0 Å². The number of sulfone groups is 1. The van der Waals surface area contributed by atoms with E-state index in [-0.39, 0.29) is 10.6 Å². The molecule has 0 saturated heterocycles. The van der Waals surface area contributed by atoms with Crippen LogP contribution in [-0.2, 0) is 22.9 Å². The lowest BCUT2D eigenvalue weighted by Crippen LogP contribution is -2.37. The molecule has 0 bridgehead atoms. The van der Waals surface area contributed by atoms with Gasteiger partial charge in [-0.2, -0.15) is 0 Å². The molecule has 6 nitrogen and oxygen atoms in total. The molecule has 0 aromatic heterocycles. The van der Waals surface area contributed by atoms with E-state index in [0.717, 1.165) is 17.2 Å². The molecule has 0 radical (unpaired) electrons. The molecule has 2 aromatic carbocycles. The molecule has 126 valence electrons. The van der Waals surface area contributed by atoms with E-state index in [4.69, 9.17) is 0 Å². The lowest BCUT2D eigenvalue weighted by atomic mass is 10.1. The second-order valence-corrected chi connectivity index (χ2v) is 7.94. The zero-order valence-electron chi connectivity index (χ0n) is 13.3. The average molecular weight is 346 g/mol. The third-order valence-electron chi connectivity index (χ3n) is 4.34. The summed E-state index contributed by atoms with van der Waals surface area (Å²) in [5, 5.41) is 10.2. The molecule has 0 fully saturated rings. The van der Waals surface area contributed by atoms with E-state index in [9.17, 15) is 18.5 Å². The number of hydrogen-bond acceptors (Lipinski definition) is 5. The molecule has 1 aliphatic heterocycles. The summed E-state index contributed by atoms with van der Waals surface area (Å²) >= 11 is 0. The third-order valence-corrected chi connectivity index (χ3v) is 6.60. The standard InChI is InChI=1S/C17H18N2O4S/c1-2-17(18-11-13-6-3-4-7-14(13)12-18)24(22,23)16-9-5-8-15(10-16)19(20)21/h3-10,17H,2,11-12H2,1H3. The Morgan fingerprint density at radius 2 is 1.75 bits per heavy atom. The normalized spacial score (nSPS) is 15.9. The third kappa shape index (κ3) is 2.92. The molecule has 0 aliphatic carbocycles. The summed E-state index contributed by atoms with van der Waals surface area (Å²) in [7, 11) is -3.69. The number of non-ortho nitro benzene ring substituents is 1. The Kier molecular flexibility index (Phi) is 4.38. The first-order valence-corrected chi connectivity index (χ1v) is 9.27. The second kappa shape index (κ2) is 6.33. The molecule has 1 atom stereocenters. The van der Waals surface area contributed by atoms with Crippen molar-refractivity contribution in [1.82, 2.24) is 4.90 Å². The van der Waals surface area contributed by atoms with Crippen LogP contribution in [0.2, 0.25) is 0 Å². The van der Waals surface area contributed by atoms with Gasteiger partial charge in [0.15, 0.2) is 9.84 Å². The molecular formula is C17H18N2O4S. The molecule has 3 rings (SSSR count). The highest BCUT2D eigenvalue weighted by atomic mass is 32.2. The van der Waals surface area contributed by atoms with Gasteiger partial charge in [-0.3, -0.25) is 15.0 Å². The zero-order chi connectivity index (χ0) is 17.3. The number of nitro benzene ring substituents is 1. The van der Waals surface area contributed by atoms with E-state index in [0.29, 0.717) is 19.5 Å². The van der Waals surface area contributed by atoms with Gasteiger partial charge >= 0.3 is 0 Å². The Hall–Kier alpha value is -2.25. The minimum Gasteiger partial charge on any atom is -0.278 e. The van der Waals surface area contributed by atoms with Crippen molar-refractivity contribution in [1.29, 1.82) is 0 Å². The lowest BCUT2D eigenvalue weighted by Gasteiger charge is -2.26. The summed E-state index contributed by atoms with van der Waals surface area (Å²) in [5.74, 6) is 0. The van der Waals surface area contributed by atoms with Gasteiger partial charge in [0, 0.05) is 25.2 Å². The molecule has 0 N–H and O–H groups in total. The smallest absolute Gasteiger partial charge is 0.270 e. The summed E-state index contributed by atoms with van der Waals surface area (Å²) in [6, 6.07) is 13.2. The van der Waals surface area contributed by atoms with Gasteiger partial charge in [0.25, 0.3) is 5.69 Å². The first-order valence-electron chi connectivity index (χ1n) is 7.72. The van der Waals surface area contributed by atoms with Crippen molar-refractivity contribution < 1.29 is 13.3 Å².